The molecule has 89 heavy (non-hydrogen) atoms. The number of nitrogens with zero attached hydrogens (tertiary/aromatic N) is 10. The standard InChI is InChI=1S/C45H34Cl2N16O20S6/c1-17-3-2-4-26(52-44-56-40(46)54-43(58-44)51-21-6-8-25(31(14-21)88(72,73)74)61-63-39-34-19(12-32(36(39)49)89(75,76)77)10-23(16-28(34)65)87(69,70)71)37(17)53-45-57-41(47)55-42(59-45)50-20-5-7-24(29(13-20)85-82-79-67)60-62-38-33-18(11-30(35(38)48)86-83-80-68)9-22(15-27(33)64)84-81-78-66/h2-16,64-68H,48-49H2,1H3,(H,69,70,71)(H,72,73,74)(H,75,76,77)(H2,50,53,55,57,59)(H2,51,52,54,56,58). The Morgan fingerprint density at radius 2 is 1.03 bits per heavy atom. The Morgan fingerprint density at radius 1 is 0.517 bits per heavy atom. The Hall–Kier alpha value is -8.32. The summed E-state index contributed by atoms with van der Waals surface area (Å²) in [4.78, 5) is 23.0. The third-order valence-corrected chi connectivity index (χ3v) is 16.4. The molecule has 44 heteroatoms. The van der Waals surface area contributed by atoms with Crippen LogP contribution in [0.4, 0.5) is 80.7 Å². The molecule has 0 saturated carbocycles. The molecule has 0 aliphatic carbocycles. The van der Waals surface area contributed by atoms with Crippen LogP contribution in [0.3, 0.4) is 0 Å². The number of anilines is 10. The van der Waals surface area contributed by atoms with Gasteiger partial charge in [0.05, 0.1) is 84.3 Å². The topological polar surface area (TPSA) is 547 Å². The molecule has 0 amide bonds. The van der Waals surface area contributed by atoms with Gasteiger partial charge >= 0.3 is 0 Å². The Balaban J connectivity index is 0.956. The van der Waals surface area contributed by atoms with Crippen molar-refractivity contribution in [3.63, 3.8) is 0 Å². The number of aromatic hydroxyl groups is 2. The third-order valence-electron chi connectivity index (χ3n) is 11.6. The number of nitrogens with two attached hydrogens (primary N) is 2. The van der Waals surface area contributed by atoms with E-state index in [2.05, 4.69) is 95.4 Å². The molecule has 36 nitrogen and oxygen atoms in total. The number of halogens is 2. The molecule has 7 aromatic carbocycles. The van der Waals surface area contributed by atoms with Crippen molar-refractivity contribution in [1.29, 1.82) is 0 Å². The summed E-state index contributed by atoms with van der Waals surface area (Å²) in [5, 5.41) is 86.4. The number of nitrogens with one attached hydrogen (secondary N) is 4. The first kappa shape index (κ1) is 65.1. The summed E-state index contributed by atoms with van der Waals surface area (Å²) in [5.41, 5.74) is 11.6. The van der Waals surface area contributed by atoms with Gasteiger partial charge in [0, 0.05) is 22.3 Å². The maximum absolute atomic E-state index is 12.8. The van der Waals surface area contributed by atoms with E-state index in [0.717, 1.165) is 18.2 Å². The first-order valence-corrected chi connectivity index (χ1v) is 30.7. The molecule has 0 aliphatic rings. The van der Waals surface area contributed by atoms with Crippen molar-refractivity contribution in [3.8, 4) is 11.5 Å². The monoisotopic (exact) mass is 1380 g/mol. The predicted octanol–water partition coefficient (Wildman–Crippen LogP) is 11.4. The van der Waals surface area contributed by atoms with Crippen LogP contribution < -0.4 is 32.7 Å². The van der Waals surface area contributed by atoms with E-state index in [-0.39, 0.29) is 88.6 Å². The molecular formula is C45H34Cl2N16O20S6. The number of hydrogen-bond acceptors (Lipinski definition) is 36. The average molecular weight is 1380 g/mol. The number of phenols is 2. The molecule has 0 fully saturated rings. The third kappa shape index (κ3) is 15.6. The van der Waals surface area contributed by atoms with Gasteiger partial charge in [-0.25, -0.2) is 15.8 Å². The molecule has 0 atom stereocenters. The summed E-state index contributed by atoms with van der Waals surface area (Å²) >= 11 is 14.3. The number of rotatable bonds is 24. The molecular weight excluding hydrogens is 1350 g/mol. The zero-order valence-corrected chi connectivity index (χ0v) is 49.9. The van der Waals surface area contributed by atoms with E-state index < -0.39 is 78.6 Å². The number of para-hydroxylation sites is 1. The zero-order valence-electron chi connectivity index (χ0n) is 43.5. The summed E-state index contributed by atoms with van der Waals surface area (Å²) in [7, 11) is -15.3. The second kappa shape index (κ2) is 27.2. The first-order chi connectivity index (χ1) is 42.2. The Labute approximate surface area is 519 Å². The number of benzene rings is 7. The van der Waals surface area contributed by atoms with Crippen LogP contribution in [0.1, 0.15) is 5.56 Å². The van der Waals surface area contributed by atoms with Crippen molar-refractivity contribution in [2.45, 2.75) is 36.3 Å². The fourth-order valence-corrected chi connectivity index (χ4v) is 11.5. The highest BCUT2D eigenvalue weighted by atomic mass is 35.5. The van der Waals surface area contributed by atoms with Crippen molar-refractivity contribution in [3.05, 3.63) is 107 Å². The van der Waals surface area contributed by atoms with Crippen LogP contribution in [0.5, 0.6) is 11.5 Å². The lowest BCUT2D eigenvalue weighted by Gasteiger charge is -2.16. The van der Waals surface area contributed by atoms with E-state index in [0.29, 0.717) is 70.6 Å². The Bertz CT molecular complexity index is 4710. The molecule has 2 aromatic heterocycles. The van der Waals surface area contributed by atoms with Gasteiger partial charge in [-0.2, -0.15) is 55.2 Å². The maximum Gasteiger partial charge on any atom is 0.296 e. The molecule has 0 aliphatic heterocycles. The van der Waals surface area contributed by atoms with Crippen LogP contribution in [-0.2, 0) is 58.5 Å². The molecule has 2 heterocycles. The minimum Gasteiger partial charge on any atom is -0.507 e. The molecule has 0 unspecified atom stereocenters. The summed E-state index contributed by atoms with van der Waals surface area (Å²) in [6.45, 7) is 1.73. The predicted molar refractivity (Wildman–Crippen MR) is 317 cm³/mol. The van der Waals surface area contributed by atoms with Crippen molar-refractivity contribution >= 4 is 192 Å². The van der Waals surface area contributed by atoms with Gasteiger partial charge in [-0.15, -0.1) is 33.5 Å². The Morgan fingerprint density at radius 3 is 1.63 bits per heavy atom. The highest BCUT2D eigenvalue weighted by molar-refractivity contribution is 7.95. The van der Waals surface area contributed by atoms with Gasteiger partial charge in [0.25, 0.3) is 30.4 Å². The number of phenolic OH excluding ortho intramolecular Hbond substituents is 2. The van der Waals surface area contributed by atoms with E-state index in [4.69, 9.17) is 54.8 Å². The first-order valence-electron chi connectivity index (χ1n) is 23.4. The fraction of sp³-hybridized carbons (Fsp3) is 0.0222. The molecule has 16 N–H and O–H groups in total. The quantitative estimate of drug-likeness (QED) is 0.00667. The lowest BCUT2D eigenvalue weighted by molar-refractivity contribution is -0.432. The SMILES string of the molecule is Cc1cccc(Nc2nc(Cl)nc(Nc3ccc(N=Nc4c(N)c(S(=O)(=O)O)cc5cc(S(=O)(=O)O)cc(O)c45)c(S(=O)(=O)O)c3)n2)c1Nc1nc(Cl)nc(Nc2ccc(N=Nc3c(N)c(SOOO)cc4cc(SOOO)cc(O)c34)c(SOOO)c2)n1. The second-order valence-electron chi connectivity index (χ2n) is 17.2. The zero-order chi connectivity index (χ0) is 64.1. The van der Waals surface area contributed by atoms with E-state index in [1.165, 1.54) is 42.5 Å². The minimum absolute atomic E-state index is 0.0838. The smallest absolute Gasteiger partial charge is 0.296 e. The normalized spacial score (nSPS) is 12.2. The van der Waals surface area contributed by atoms with E-state index in [9.17, 15) is 49.1 Å². The van der Waals surface area contributed by atoms with Crippen molar-refractivity contribution in [2.24, 2.45) is 20.5 Å². The fourth-order valence-electron chi connectivity index (χ4n) is 7.96. The lowest BCUT2D eigenvalue weighted by atomic mass is 10.1. The molecule has 0 bridgehead atoms. The summed E-state index contributed by atoms with van der Waals surface area (Å²) in [5.74, 6) is -1.95. The van der Waals surface area contributed by atoms with E-state index in [1.807, 2.05) is 0 Å². The number of azo groups is 2. The van der Waals surface area contributed by atoms with E-state index >= 15 is 0 Å². The minimum atomic E-state index is -5.19. The van der Waals surface area contributed by atoms with Gasteiger partial charge in [0.15, 0.2) is 0 Å². The van der Waals surface area contributed by atoms with Gasteiger partial charge in [-0.1, -0.05) is 27.2 Å². The molecule has 464 valence electrons. The molecule has 0 radical (unpaired) electrons. The molecule has 0 saturated heterocycles. The highest BCUT2D eigenvalue weighted by Gasteiger charge is 2.26. The second-order valence-corrected chi connectivity index (χ2v) is 24.4. The van der Waals surface area contributed by atoms with Crippen LogP contribution in [0.2, 0.25) is 10.6 Å². The van der Waals surface area contributed by atoms with Crippen LogP contribution in [0.25, 0.3) is 21.5 Å². The van der Waals surface area contributed by atoms with Crippen LogP contribution in [0, 0.1) is 6.92 Å². The summed E-state index contributed by atoms with van der Waals surface area (Å²) < 4.78 is 117. The van der Waals surface area contributed by atoms with Crippen LogP contribution >= 0.6 is 59.3 Å². The van der Waals surface area contributed by atoms with Crippen LogP contribution in [-0.4, -0.2) is 94.8 Å². The van der Waals surface area contributed by atoms with Crippen molar-refractivity contribution in [1.82, 2.24) is 29.9 Å². The van der Waals surface area contributed by atoms with Gasteiger partial charge in [0.2, 0.25) is 34.4 Å². The van der Waals surface area contributed by atoms with Crippen molar-refractivity contribution < 1.29 is 93.0 Å². The highest BCUT2D eigenvalue weighted by Crippen LogP contribution is 2.48. The van der Waals surface area contributed by atoms with Gasteiger partial charge < -0.3 is 42.9 Å². The molecule has 0 spiro atoms. The van der Waals surface area contributed by atoms with Crippen molar-refractivity contribution in [2.75, 3.05) is 32.7 Å². The number of aromatic nitrogens is 6. The number of aryl methyl sites for hydroxylation is 1. The summed E-state index contributed by atoms with van der Waals surface area (Å²) in [6, 6.07) is 18.7. The molecule has 9 rings (SSSR count). The number of nitrogen functional groups attached to an aromatic ring is 2. The number of hydrogen-bond donors (Lipinski definition) is 14. The Kier molecular flexibility index (Phi) is 19.9. The van der Waals surface area contributed by atoms with Gasteiger partial charge in [-0.3, -0.25) is 13.7 Å². The van der Waals surface area contributed by atoms with Gasteiger partial charge in [0.1, 0.15) is 44.0 Å². The van der Waals surface area contributed by atoms with Gasteiger partial charge in [-0.05, 0) is 119 Å². The largest absolute Gasteiger partial charge is 0.507 e. The van der Waals surface area contributed by atoms with Crippen LogP contribution in [0.15, 0.2) is 141 Å². The lowest BCUT2D eigenvalue weighted by Crippen LogP contribution is -2.08. The maximum atomic E-state index is 12.8. The molecule has 9 aromatic rings. The average Bonchev–Trinajstić information content (AvgIpc) is 0.882. The number of fused-ring (bicyclic) bond motifs is 2. The summed E-state index contributed by atoms with van der Waals surface area (Å²) in [6.07, 6.45) is 0. The van der Waals surface area contributed by atoms with E-state index in [1.54, 1.807) is 25.1 Å².